The summed E-state index contributed by atoms with van der Waals surface area (Å²) in [5.74, 6) is -0.207. The second-order valence-electron chi connectivity index (χ2n) is 5.93. The van der Waals surface area contributed by atoms with E-state index in [0.29, 0.717) is 0 Å². The summed E-state index contributed by atoms with van der Waals surface area (Å²) in [6, 6.07) is 14.9. The van der Waals surface area contributed by atoms with Gasteiger partial charge in [-0.05, 0) is 36.8 Å². The van der Waals surface area contributed by atoms with Crippen LogP contribution in [-0.4, -0.2) is 16.8 Å². The van der Waals surface area contributed by atoms with Gasteiger partial charge in [0.2, 0.25) is 11.8 Å². The minimum Gasteiger partial charge on any atom is -0.326 e. The van der Waals surface area contributed by atoms with Gasteiger partial charge < -0.3 is 10.6 Å². The first-order chi connectivity index (χ1) is 12.5. The smallest absolute Gasteiger partial charge is 0.228 e. The van der Waals surface area contributed by atoms with Gasteiger partial charge in [-0.25, -0.2) is 4.98 Å². The van der Waals surface area contributed by atoms with Gasteiger partial charge in [0.1, 0.15) is 0 Å². The van der Waals surface area contributed by atoms with E-state index in [1.807, 2.05) is 48.7 Å². The molecule has 2 amide bonds. The van der Waals surface area contributed by atoms with Crippen molar-refractivity contribution in [1.29, 1.82) is 0 Å². The summed E-state index contributed by atoms with van der Waals surface area (Å²) in [6.07, 6.45) is 0.271. The van der Waals surface area contributed by atoms with Crippen molar-refractivity contribution in [3.63, 3.8) is 0 Å². The third kappa shape index (κ3) is 4.77. The number of anilines is 2. The van der Waals surface area contributed by atoms with Crippen molar-refractivity contribution in [2.45, 2.75) is 20.3 Å². The van der Waals surface area contributed by atoms with Crippen molar-refractivity contribution in [2.24, 2.45) is 0 Å². The second kappa shape index (κ2) is 7.93. The number of hydrogen-bond acceptors (Lipinski definition) is 4. The van der Waals surface area contributed by atoms with Gasteiger partial charge >= 0.3 is 0 Å². The standard InChI is InChI=1S/C20H19N3O2S/c1-13(24)21-17-7-3-15(4-8-17)11-20(25)23-18-9-5-16(6-10-18)19-12-26-14(2)22-19/h3-10,12H,11H2,1-2H3,(H,21,24)(H,23,25). The van der Waals surface area contributed by atoms with E-state index >= 15 is 0 Å². The van der Waals surface area contributed by atoms with Crippen LogP contribution in [0.15, 0.2) is 53.9 Å². The molecular weight excluding hydrogens is 346 g/mol. The van der Waals surface area contributed by atoms with Gasteiger partial charge in [-0.2, -0.15) is 0 Å². The lowest BCUT2D eigenvalue weighted by Crippen LogP contribution is -2.14. The maximum Gasteiger partial charge on any atom is 0.228 e. The number of hydrogen-bond donors (Lipinski definition) is 2. The monoisotopic (exact) mass is 365 g/mol. The van der Waals surface area contributed by atoms with Gasteiger partial charge in [0.15, 0.2) is 0 Å². The maximum absolute atomic E-state index is 12.2. The molecule has 26 heavy (non-hydrogen) atoms. The zero-order valence-corrected chi connectivity index (χ0v) is 15.4. The van der Waals surface area contributed by atoms with E-state index < -0.39 is 0 Å². The molecule has 1 heterocycles. The first-order valence-electron chi connectivity index (χ1n) is 8.18. The van der Waals surface area contributed by atoms with Crippen molar-refractivity contribution in [2.75, 3.05) is 10.6 Å². The van der Waals surface area contributed by atoms with Crippen molar-refractivity contribution in [1.82, 2.24) is 4.98 Å². The van der Waals surface area contributed by atoms with Crippen molar-refractivity contribution in [3.05, 3.63) is 64.5 Å². The molecule has 0 aliphatic carbocycles. The number of carbonyl (C=O) groups is 2. The van der Waals surface area contributed by atoms with Gasteiger partial charge in [0.25, 0.3) is 0 Å². The number of aromatic nitrogens is 1. The molecule has 0 bridgehead atoms. The van der Waals surface area contributed by atoms with Crippen molar-refractivity contribution in [3.8, 4) is 11.3 Å². The minimum absolute atomic E-state index is 0.0884. The Morgan fingerprint density at radius 2 is 1.58 bits per heavy atom. The highest BCUT2D eigenvalue weighted by molar-refractivity contribution is 7.09. The fourth-order valence-corrected chi connectivity index (χ4v) is 3.14. The fourth-order valence-electron chi connectivity index (χ4n) is 2.52. The predicted octanol–water partition coefficient (Wildman–Crippen LogP) is 4.26. The first kappa shape index (κ1) is 17.8. The summed E-state index contributed by atoms with van der Waals surface area (Å²) in [5.41, 5.74) is 4.33. The lowest BCUT2D eigenvalue weighted by atomic mass is 10.1. The maximum atomic E-state index is 12.2. The highest BCUT2D eigenvalue weighted by Crippen LogP contribution is 2.23. The summed E-state index contributed by atoms with van der Waals surface area (Å²) >= 11 is 1.62. The molecule has 2 aromatic carbocycles. The molecular formula is C20H19N3O2S. The van der Waals surface area contributed by atoms with E-state index in [4.69, 9.17) is 0 Å². The van der Waals surface area contributed by atoms with Crippen LogP contribution in [0.5, 0.6) is 0 Å². The Hall–Kier alpha value is -2.99. The molecule has 0 radical (unpaired) electrons. The zero-order valence-electron chi connectivity index (χ0n) is 14.6. The molecule has 0 saturated carbocycles. The third-order valence-electron chi connectivity index (χ3n) is 3.72. The predicted molar refractivity (Wildman–Crippen MR) is 105 cm³/mol. The van der Waals surface area contributed by atoms with Crippen LogP contribution in [0.3, 0.4) is 0 Å². The molecule has 0 aliphatic heterocycles. The van der Waals surface area contributed by atoms with Crippen LogP contribution in [0.1, 0.15) is 17.5 Å². The molecule has 2 N–H and O–H groups in total. The van der Waals surface area contributed by atoms with Gasteiger partial charge in [0.05, 0.1) is 17.1 Å². The van der Waals surface area contributed by atoms with Crippen LogP contribution in [-0.2, 0) is 16.0 Å². The normalized spacial score (nSPS) is 10.4. The highest BCUT2D eigenvalue weighted by atomic mass is 32.1. The van der Waals surface area contributed by atoms with Crippen LogP contribution < -0.4 is 10.6 Å². The third-order valence-corrected chi connectivity index (χ3v) is 4.50. The summed E-state index contributed by atoms with van der Waals surface area (Å²) < 4.78 is 0. The lowest BCUT2D eigenvalue weighted by molar-refractivity contribution is -0.116. The Morgan fingerprint density at radius 3 is 2.15 bits per heavy atom. The van der Waals surface area contributed by atoms with Crippen molar-refractivity contribution >= 4 is 34.5 Å². The van der Waals surface area contributed by atoms with Crippen LogP contribution in [0.25, 0.3) is 11.3 Å². The average molecular weight is 365 g/mol. The molecule has 132 valence electrons. The number of benzene rings is 2. The Bertz CT molecular complexity index is 915. The van der Waals surface area contributed by atoms with E-state index in [-0.39, 0.29) is 18.2 Å². The molecule has 0 atom stereocenters. The van der Waals surface area contributed by atoms with Gasteiger partial charge in [-0.1, -0.05) is 24.3 Å². The molecule has 0 aliphatic rings. The fraction of sp³-hybridized carbons (Fsp3) is 0.150. The number of nitrogens with one attached hydrogen (secondary N) is 2. The van der Waals surface area contributed by atoms with Crippen LogP contribution in [0.4, 0.5) is 11.4 Å². The average Bonchev–Trinajstić information content (AvgIpc) is 3.03. The Balaban J connectivity index is 1.58. The van der Waals surface area contributed by atoms with Crippen LogP contribution in [0, 0.1) is 6.92 Å². The molecule has 0 spiro atoms. The number of thiazole rings is 1. The van der Waals surface area contributed by atoms with Crippen LogP contribution in [0.2, 0.25) is 0 Å². The number of amides is 2. The van der Waals surface area contributed by atoms with Gasteiger partial charge in [0, 0.05) is 29.2 Å². The molecule has 0 saturated heterocycles. The van der Waals surface area contributed by atoms with E-state index in [1.54, 1.807) is 23.5 Å². The first-order valence-corrected chi connectivity index (χ1v) is 9.06. The number of rotatable bonds is 5. The van der Waals surface area contributed by atoms with Crippen molar-refractivity contribution < 1.29 is 9.59 Å². The Kier molecular flexibility index (Phi) is 5.43. The second-order valence-corrected chi connectivity index (χ2v) is 6.99. The van der Waals surface area contributed by atoms with Crippen LogP contribution >= 0.6 is 11.3 Å². The number of nitrogens with zero attached hydrogens (tertiary/aromatic N) is 1. The number of aryl methyl sites for hydroxylation is 1. The summed E-state index contributed by atoms with van der Waals surface area (Å²) in [7, 11) is 0. The summed E-state index contributed by atoms with van der Waals surface area (Å²) in [5, 5.41) is 8.65. The van der Waals surface area contributed by atoms with E-state index in [0.717, 1.165) is 33.2 Å². The largest absolute Gasteiger partial charge is 0.326 e. The van der Waals surface area contributed by atoms with Gasteiger partial charge in [-0.15, -0.1) is 11.3 Å². The molecule has 3 aromatic rings. The number of carbonyl (C=O) groups excluding carboxylic acids is 2. The highest BCUT2D eigenvalue weighted by Gasteiger charge is 2.06. The molecule has 0 unspecified atom stereocenters. The SMILES string of the molecule is CC(=O)Nc1ccc(CC(=O)Nc2ccc(-c3csc(C)n3)cc2)cc1. The van der Waals surface area contributed by atoms with Gasteiger partial charge in [-0.3, -0.25) is 9.59 Å². The Morgan fingerprint density at radius 1 is 0.962 bits per heavy atom. The quantitative estimate of drug-likeness (QED) is 0.710. The molecule has 6 heteroatoms. The summed E-state index contributed by atoms with van der Waals surface area (Å²) in [6.45, 7) is 3.44. The molecule has 1 aromatic heterocycles. The Labute approximate surface area is 156 Å². The van der Waals surface area contributed by atoms with E-state index in [9.17, 15) is 9.59 Å². The van der Waals surface area contributed by atoms with E-state index in [1.165, 1.54) is 6.92 Å². The summed E-state index contributed by atoms with van der Waals surface area (Å²) in [4.78, 5) is 27.7. The van der Waals surface area contributed by atoms with E-state index in [2.05, 4.69) is 15.6 Å². The zero-order chi connectivity index (χ0) is 18.5. The molecule has 5 nitrogen and oxygen atoms in total. The lowest BCUT2D eigenvalue weighted by Gasteiger charge is -2.07. The molecule has 3 rings (SSSR count). The molecule has 0 fully saturated rings. The minimum atomic E-state index is -0.119. The topological polar surface area (TPSA) is 71.1 Å².